The van der Waals surface area contributed by atoms with Crippen LogP contribution in [0.1, 0.15) is 58.3 Å². The van der Waals surface area contributed by atoms with Gasteiger partial charge in [-0.1, -0.05) is 44.1 Å². The third-order valence-corrected chi connectivity index (χ3v) is 3.42. The van der Waals surface area contributed by atoms with Gasteiger partial charge < -0.3 is 0 Å². The summed E-state index contributed by atoms with van der Waals surface area (Å²) >= 11 is 0. The summed E-state index contributed by atoms with van der Waals surface area (Å²) in [5.74, 6) is 6.47. The maximum Gasteiger partial charge on any atom is 0.0250 e. The third kappa shape index (κ3) is 5.33. The molecular weight excluding hydrogens is 184 g/mol. The van der Waals surface area contributed by atoms with Gasteiger partial charge in [-0.15, -0.1) is 6.58 Å². The predicted octanol–water partition coefficient (Wildman–Crippen LogP) is 3.15. The van der Waals surface area contributed by atoms with E-state index in [4.69, 9.17) is 5.84 Å². The van der Waals surface area contributed by atoms with E-state index < -0.39 is 0 Å². The predicted molar refractivity (Wildman–Crippen MR) is 66.4 cm³/mol. The molecule has 1 aliphatic carbocycles. The fraction of sp³-hybridized carbons (Fsp3) is 0.846. The molecular formula is C13H26N2. The summed E-state index contributed by atoms with van der Waals surface area (Å²) in [6.45, 7) is 6.04. The van der Waals surface area contributed by atoms with E-state index in [2.05, 4.69) is 18.9 Å². The van der Waals surface area contributed by atoms with Crippen molar-refractivity contribution in [3.63, 3.8) is 0 Å². The normalized spacial score (nSPS) is 20.9. The minimum Gasteiger partial charge on any atom is -0.271 e. The van der Waals surface area contributed by atoms with Crippen LogP contribution in [0.2, 0.25) is 0 Å². The first-order valence-electron chi connectivity index (χ1n) is 6.33. The van der Waals surface area contributed by atoms with Crippen molar-refractivity contribution in [3.05, 3.63) is 12.2 Å². The van der Waals surface area contributed by atoms with Gasteiger partial charge in [0.15, 0.2) is 0 Å². The second-order valence-corrected chi connectivity index (χ2v) is 5.12. The highest BCUT2D eigenvalue weighted by Crippen LogP contribution is 2.27. The van der Waals surface area contributed by atoms with Crippen LogP contribution >= 0.6 is 0 Å². The summed E-state index contributed by atoms with van der Waals surface area (Å²) in [4.78, 5) is 0. The van der Waals surface area contributed by atoms with E-state index >= 15 is 0 Å². The van der Waals surface area contributed by atoms with Crippen LogP contribution in [0.5, 0.6) is 0 Å². The Bertz CT molecular complexity index is 181. The molecule has 0 bridgehead atoms. The van der Waals surface area contributed by atoms with E-state index in [0.717, 1.165) is 12.3 Å². The average Bonchev–Trinajstić information content (AvgIpc) is 2.44. The molecule has 1 saturated carbocycles. The molecule has 0 spiro atoms. The molecule has 0 aromatic carbocycles. The molecule has 1 aliphatic rings. The van der Waals surface area contributed by atoms with Crippen molar-refractivity contribution < 1.29 is 0 Å². The second-order valence-electron chi connectivity index (χ2n) is 5.12. The Hall–Kier alpha value is -0.340. The van der Waals surface area contributed by atoms with Crippen LogP contribution in [0, 0.1) is 5.92 Å². The first-order valence-corrected chi connectivity index (χ1v) is 6.33. The van der Waals surface area contributed by atoms with Gasteiger partial charge in [-0.25, -0.2) is 0 Å². The Morgan fingerprint density at radius 3 is 2.40 bits per heavy atom. The fourth-order valence-electron chi connectivity index (χ4n) is 2.63. The van der Waals surface area contributed by atoms with Crippen molar-refractivity contribution in [3.8, 4) is 0 Å². The highest BCUT2D eigenvalue weighted by atomic mass is 15.2. The van der Waals surface area contributed by atoms with Crippen LogP contribution < -0.4 is 11.3 Å². The van der Waals surface area contributed by atoms with Crippen LogP contribution in [0.15, 0.2) is 12.2 Å². The van der Waals surface area contributed by atoms with Gasteiger partial charge in [-0.05, 0) is 25.7 Å². The van der Waals surface area contributed by atoms with Gasteiger partial charge in [0.1, 0.15) is 0 Å². The molecule has 0 aliphatic heterocycles. The minimum absolute atomic E-state index is 0.436. The van der Waals surface area contributed by atoms with Gasteiger partial charge in [-0.2, -0.15) is 0 Å². The lowest BCUT2D eigenvalue weighted by Gasteiger charge is -2.22. The van der Waals surface area contributed by atoms with Gasteiger partial charge in [0.25, 0.3) is 0 Å². The maximum atomic E-state index is 5.59. The minimum atomic E-state index is 0.436. The standard InChI is InChI=1S/C13H26N2/c1-11(2)9-13(15-14)10-12-7-5-3-4-6-8-12/h12-13,15H,1,3-10,14H2,2H3. The lowest BCUT2D eigenvalue weighted by molar-refractivity contribution is 0.352. The highest BCUT2D eigenvalue weighted by Gasteiger charge is 2.17. The molecule has 15 heavy (non-hydrogen) atoms. The molecule has 0 heterocycles. The molecule has 88 valence electrons. The van der Waals surface area contributed by atoms with Crippen molar-refractivity contribution >= 4 is 0 Å². The van der Waals surface area contributed by atoms with Crippen molar-refractivity contribution in [1.82, 2.24) is 5.43 Å². The quantitative estimate of drug-likeness (QED) is 0.317. The van der Waals surface area contributed by atoms with E-state index in [0.29, 0.717) is 6.04 Å². The van der Waals surface area contributed by atoms with E-state index in [9.17, 15) is 0 Å². The molecule has 3 N–H and O–H groups in total. The molecule has 0 aromatic rings. The van der Waals surface area contributed by atoms with E-state index in [1.54, 1.807) is 0 Å². The lowest BCUT2D eigenvalue weighted by Crippen LogP contribution is -2.36. The van der Waals surface area contributed by atoms with Crippen LogP contribution in [0.3, 0.4) is 0 Å². The Balaban J connectivity index is 2.31. The molecule has 2 heteroatoms. The molecule has 1 rings (SSSR count). The molecule has 0 radical (unpaired) electrons. The Kier molecular flexibility index (Phi) is 5.96. The number of nitrogens with one attached hydrogen (secondary N) is 1. The van der Waals surface area contributed by atoms with E-state index in [1.165, 1.54) is 50.5 Å². The molecule has 1 unspecified atom stereocenters. The van der Waals surface area contributed by atoms with Crippen LogP contribution in [0.25, 0.3) is 0 Å². The zero-order valence-corrected chi connectivity index (χ0v) is 10.1. The van der Waals surface area contributed by atoms with Gasteiger partial charge >= 0.3 is 0 Å². The zero-order valence-electron chi connectivity index (χ0n) is 10.1. The van der Waals surface area contributed by atoms with Crippen LogP contribution in [-0.4, -0.2) is 6.04 Å². The number of hydrazine groups is 1. The maximum absolute atomic E-state index is 5.59. The molecule has 0 amide bonds. The summed E-state index contributed by atoms with van der Waals surface area (Å²) in [5, 5.41) is 0. The van der Waals surface area contributed by atoms with Gasteiger partial charge in [0.2, 0.25) is 0 Å². The number of nitrogens with two attached hydrogens (primary N) is 1. The summed E-state index contributed by atoms with van der Waals surface area (Å²) in [5.41, 5.74) is 4.17. The number of rotatable bonds is 5. The zero-order chi connectivity index (χ0) is 11.1. The topological polar surface area (TPSA) is 38.0 Å². The van der Waals surface area contributed by atoms with Gasteiger partial charge in [-0.3, -0.25) is 11.3 Å². The number of hydrogen-bond acceptors (Lipinski definition) is 2. The van der Waals surface area contributed by atoms with Crippen LogP contribution in [-0.2, 0) is 0 Å². The Morgan fingerprint density at radius 1 is 1.33 bits per heavy atom. The van der Waals surface area contributed by atoms with Crippen molar-refractivity contribution in [1.29, 1.82) is 0 Å². The fourth-order valence-corrected chi connectivity index (χ4v) is 2.63. The second kappa shape index (κ2) is 7.02. The average molecular weight is 210 g/mol. The van der Waals surface area contributed by atoms with Crippen molar-refractivity contribution in [2.45, 2.75) is 64.3 Å². The molecule has 0 aromatic heterocycles. The molecule has 1 atom stereocenters. The Morgan fingerprint density at radius 2 is 1.93 bits per heavy atom. The monoisotopic (exact) mass is 210 g/mol. The van der Waals surface area contributed by atoms with Gasteiger partial charge in [0.05, 0.1) is 0 Å². The summed E-state index contributed by atoms with van der Waals surface area (Å²) in [6.07, 6.45) is 10.7. The van der Waals surface area contributed by atoms with Crippen molar-refractivity contribution in [2.75, 3.05) is 0 Å². The molecule has 1 fully saturated rings. The van der Waals surface area contributed by atoms with E-state index in [1.807, 2.05) is 0 Å². The summed E-state index contributed by atoms with van der Waals surface area (Å²) < 4.78 is 0. The van der Waals surface area contributed by atoms with Crippen LogP contribution in [0.4, 0.5) is 0 Å². The largest absolute Gasteiger partial charge is 0.271 e. The molecule has 2 nitrogen and oxygen atoms in total. The van der Waals surface area contributed by atoms with Gasteiger partial charge in [0, 0.05) is 6.04 Å². The first kappa shape index (κ1) is 12.7. The lowest BCUT2D eigenvalue weighted by atomic mass is 9.90. The first-order chi connectivity index (χ1) is 7.22. The smallest absolute Gasteiger partial charge is 0.0250 e. The summed E-state index contributed by atoms with van der Waals surface area (Å²) in [6, 6.07) is 0.436. The number of hydrogen-bond donors (Lipinski definition) is 2. The highest BCUT2D eigenvalue weighted by molar-refractivity contribution is 4.93. The SMILES string of the molecule is C=C(C)CC(CC1CCCCCC1)NN. The van der Waals surface area contributed by atoms with E-state index in [-0.39, 0.29) is 0 Å². The third-order valence-electron chi connectivity index (χ3n) is 3.42. The Labute approximate surface area is 94.3 Å². The van der Waals surface area contributed by atoms with Crippen molar-refractivity contribution in [2.24, 2.45) is 11.8 Å². The molecule has 0 saturated heterocycles. The summed E-state index contributed by atoms with van der Waals surface area (Å²) in [7, 11) is 0.